The number of benzene rings is 4. The van der Waals surface area contributed by atoms with Crippen molar-refractivity contribution in [1.82, 2.24) is 0 Å². The van der Waals surface area contributed by atoms with Gasteiger partial charge in [-0.3, -0.25) is 0 Å². The van der Waals surface area contributed by atoms with Crippen molar-refractivity contribution in [3.8, 4) is 22.3 Å². The van der Waals surface area contributed by atoms with Gasteiger partial charge in [0.25, 0.3) is 0 Å². The summed E-state index contributed by atoms with van der Waals surface area (Å²) in [5, 5.41) is 0. The molecule has 41 heavy (non-hydrogen) atoms. The fourth-order valence-electron chi connectivity index (χ4n) is 5.93. The molecule has 208 valence electrons. The minimum atomic E-state index is -4.38. The summed E-state index contributed by atoms with van der Waals surface area (Å²) in [5.74, 6) is 0. The molecule has 0 saturated carbocycles. The highest BCUT2D eigenvalue weighted by Crippen LogP contribution is 2.48. The Balaban J connectivity index is 1.32. The van der Waals surface area contributed by atoms with Crippen LogP contribution in [-0.2, 0) is 25.2 Å². The monoisotopic (exact) mass is 560 g/mol. The molecule has 0 radical (unpaired) electrons. The van der Waals surface area contributed by atoms with Gasteiger partial charge in [0.2, 0.25) is 0 Å². The van der Waals surface area contributed by atoms with E-state index in [2.05, 4.69) is 38.1 Å². The Hall–Kier alpha value is -4.06. The van der Waals surface area contributed by atoms with Gasteiger partial charge in [-0.25, -0.2) is 0 Å². The molecule has 0 heterocycles. The maximum absolute atomic E-state index is 13.1. The van der Waals surface area contributed by atoms with Crippen molar-refractivity contribution in [3.05, 3.63) is 129 Å². The Kier molecular flexibility index (Phi) is 6.29. The summed E-state index contributed by atoms with van der Waals surface area (Å²) in [4.78, 5) is 0. The lowest BCUT2D eigenvalue weighted by molar-refractivity contribution is -0.138. The minimum Gasteiger partial charge on any atom is -0.166 e. The number of hydrogen-bond acceptors (Lipinski definition) is 0. The second kappa shape index (κ2) is 9.51. The Morgan fingerprint density at radius 1 is 0.488 bits per heavy atom. The molecule has 0 saturated heterocycles. The van der Waals surface area contributed by atoms with Crippen molar-refractivity contribution >= 4 is 12.2 Å². The number of rotatable bonds is 4. The molecule has 2 aliphatic rings. The maximum Gasteiger partial charge on any atom is 0.416 e. The van der Waals surface area contributed by atoms with Crippen LogP contribution in [0.3, 0.4) is 0 Å². The van der Waals surface area contributed by atoms with Gasteiger partial charge in [-0.1, -0.05) is 97.8 Å². The zero-order valence-electron chi connectivity index (χ0n) is 22.4. The molecule has 0 unspecified atom stereocenters. The van der Waals surface area contributed by atoms with Gasteiger partial charge in [-0.15, -0.1) is 0 Å². The SMILES string of the molecule is CC(C)(C1=Cc2c(cccc2-c2ccc(C(F)(F)F)cc2)C1)C1=Cc2c(cccc2-c2ccc(C(F)(F)F)cc2)C1. The summed E-state index contributed by atoms with van der Waals surface area (Å²) in [7, 11) is 0. The van der Waals surface area contributed by atoms with Gasteiger partial charge < -0.3 is 0 Å². The average molecular weight is 561 g/mol. The molecule has 0 amide bonds. The molecule has 2 aliphatic carbocycles. The first kappa shape index (κ1) is 27.1. The van der Waals surface area contributed by atoms with Gasteiger partial charge in [0.1, 0.15) is 0 Å². The molecular formula is C35H26F6. The van der Waals surface area contributed by atoms with Crippen LogP contribution in [0, 0.1) is 5.41 Å². The van der Waals surface area contributed by atoms with Crippen LogP contribution in [0.15, 0.2) is 96.1 Å². The van der Waals surface area contributed by atoms with E-state index in [1.165, 1.54) is 35.4 Å². The molecule has 0 spiro atoms. The second-order valence-corrected chi connectivity index (χ2v) is 11.2. The highest BCUT2D eigenvalue weighted by Gasteiger charge is 2.35. The van der Waals surface area contributed by atoms with Gasteiger partial charge in [-0.2, -0.15) is 26.3 Å². The van der Waals surface area contributed by atoms with E-state index in [-0.39, 0.29) is 5.41 Å². The van der Waals surface area contributed by atoms with Crippen molar-refractivity contribution in [1.29, 1.82) is 0 Å². The summed E-state index contributed by atoms with van der Waals surface area (Å²) >= 11 is 0. The molecule has 0 aromatic heterocycles. The average Bonchev–Trinajstić information content (AvgIpc) is 3.58. The van der Waals surface area contributed by atoms with E-state index in [1.54, 1.807) is 0 Å². The predicted molar refractivity (Wildman–Crippen MR) is 151 cm³/mol. The fraction of sp³-hybridized carbons (Fsp3) is 0.200. The molecule has 0 atom stereocenters. The Labute approximate surface area is 234 Å². The first-order valence-corrected chi connectivity index (χ1v) is 13.3. The summed E-state index contributed by atoms with van der Waals surface area (Å²) in [6.07, 6.45) is -2.96. The van der Waals surface area contributed by atoms with Gasteiger partial charge in [0, 0.05) is 5.41 Å². The van der Waals surface area contributed by atoms with Crippen LogP contribution in [0.25, 0.3) is 34.4 Å². The number of fused-ring (bicyclic) bond motifs is 2. The van der Waals surface area contributed by atoms with Crippen molar-refractivity contribution in [2.45, 2.75) is 39.0 Å². The van der Waals surface area contributed by atoms with Crippen molar-refractivity contribution in [2.75, 3.05) is 0 Å². The third-order valence-electron chi connectivity index (χ3n) is 8.44. The third kappa shape index (κ3) is 4.90. The number of hydrogen-bond donors (Lipinski definition) is 0. The van der Waals surface area contributed by atoms with E-state index >= 15 is 0 Å². The molecular weight excluding hydrogens is 534 g/mol. The molecule has 0 nitrogen and oxygen atoms in total. The number of allylic oxidation sites excluding steroid dienone is 2. The zero-order chi connectivity index (χ0) is 29.2. The first-order chi connectivity index (χ1) is 19.3. The lowest BCUT2D eigenvalue weighted by Gasteiger charge is -2.28. The van der Waals surface area contributed by atoms with E-state index in [1.807, 2.05) is 24.3 Å². The molecule has 6 rings (SSSR count). The summed E-state index contributed by atoms with van der Waals surface area (Å²) < 4.78 is 78.6. The smallest absolute Gasteiger partial charge is 0.166 e. The van der Waals surface area contributed by atoms with E-state index < -0.39 is 23.5 Å². The maximum atomic E-state index is 13.1. The topological polar surface area (TPSA) is 0 Å². The highest BCUT2D eigenvalue weighted by atomic mass is 19.4. The number of alkyl halides is 6. The summed E-state index contributed by atoms with van der Waals surface area (Å²) in [6, 6.07) is 22.4. The molecule has 4 aromatic rings. The van der Waals surface area contributed by atoms with Gasteiger partial charge in [-0.05, 0) is 81.6 Å². The van der Waals surface area contributed by atoms with Crippen molar-refractivity contribution < 1.29 is 26.3 Å². The standard InChI is InChI=1S/C35H26F6/c1-33(2,27-17-23-5-3-7-29(31(23)19-27)21-9-13-25(14-10-21)34(36,37)38)28-18-24-6-4-8-30(32(24)20-28)22-11-15-26(16-12-22)35(39,40)41/h3-16,19-20H,17-18H2,1-2H3. The van der Waals surface area contributed by atoms with Crippen LogP contribution in [0.1, 0.15) is 47.2 Å². The van der Waals surface area contributed by atoms with Crippen LogP contribution < -0.4 is 0 Å². The van der Waals surface area contributed by atoms with Crippen LogP contribution in [-0.4, -0.2) is 0 Å². The van der Waals surface area contributed by atoms with Crippen molar-refractivity contribution in [3.63, 3.8) is 0 Å². The van der Waals surface area contributed by atoms with Gasteiger partial charge in [0.05, 0.1) is 11.1 Å². The molecule has 0 aliphatic heterocycles. The Morgan fingerprint density at radius 2 is 0.854 bits per heavy atom. The first-order valence-electron chi connectivity index (χ1n) is 13.3. The molecule has 0 fully saturated rings. The van der Waals surface area contributed by atoms with Gasteiger partial charge >= 0.3 is 12.4 Å². The largest absolute Gasteiger partial charge is 0.416 e. The molecule has 4 aromatic carbocycles. The van der Waals surface area contributed by atoms with E-state index in [0.29, 0.717) is 0 Å². The van der Waals surface area contributed by atoms with Crippen LogP contribution >= 0.6 is 0 Å². The molecule has 0 bridgehead atoms. The molecule has 6 heteroatoms. The quantitative estimate of drug-likeness (QED) is 0.218. The Bertz CT molecular complexity index is 1570. The minimum absolute atomic E-state index is 0.313. The lowest BCUT2D eigenvalue weighted by atomic mass is 9.75. The number of halogens is 6. The second-order valence-electron chi connectivity index (χ2n) is 11.2. The zero-order valence-corrected chi connectivity index (χ0v) is 22.4. The molecule has 0 N–H and O–H groups in total. The van der Waals surface area contributed by atoms with Crippen LogP contribution in [0.4, 0.5) is 26.3 Å². The van der Waals surface area contributed by atoms with Crippen LogP contribution in [0.2, 0.25) is 0 Å². The lowest BCUT2D eigenvalue weighted by Crippen LogP contribution is -2.18. The Morgan fingerprint density at radius 3 is 1.20 bits per heavy atom. The third-order valence-corrected chi connectivity index (χ3v) is 8.44. The normalized spacial score (nSPS) is 14.9. The fourth-order valence-corrected chi connectivity index (χ4v) is 5.93. The van der Waals surface area contributed by atoms with E-state index in [0.717, 1.165) is 81.6 Å². The predicted octanol–water partition coefficient (Wildman–Crippen LogP) is 10.7. The summed E-state index contributed by atoms with van der Waals surface area (Å²) in [6.45, 7) is 4.36. The van der Waals surface area contributed by atoms with Crippen molar-refractivity contribution in [2.24, 2.45) is 5.41 Å². The van der Waals surface area contributed by atoms with E-state index in [9.17, 15) is 26.3 Å². The van der Waals surface area contributed by atoms with Gasteiger partial charge in [0.15, 0.2) is 0 Å². The van der Waals surface area contributed by atoms with E-state index in [4.69, 9.17) is 0 Å². The highest BCUT2D eigenvalue weighted by molar-refractivity contribution is 5.84. The summed E-state index contributed by atoms with van der Waals surface area (Å²) in [5.41, 5.74) is 8.34. The van der Waals surface area contributed by atoms with Crippen LogP contribution in [0.5, 0.6) is 0 Å².